The minimum Gasteiger partial charge on any atom is -0.304 e. The minimum atomic E-state index is 0.617. The molecule has 0 aliphatic carbocycles. The molecule has 0 aromatic heterocycles. The van der Waals surface area contributed by atoms with Crippen molar-refractivity contribution in [3.05, 3.63) is 35.4 Å². The van der Waals surface area contributed by atoms with Crippen molar-refractivity contribution in [3.8, 4) is 0 Å². The van der Waals surface area contributed by atoms with Crippen LogP contribution in [0.4, 0.5) is 0 Å². The van der Waals surface area contributed by atoms with E-state index in [1.807, 2.05) is 0 Å². The Morgan fingerprint density at radius 3 is 2.31 bits per heavy atom. The number of benzene rings is 1. The topological polar surface area (TPSA) is 12.0 Å². The van der Waals surface area contributed by atoms with Gasteiger partial charge in [-0.25, -0.2) is 0 Å². The normalized spacial score (nSPS) is 10.8. The van der Waals surface area contributed by atoms with Crippen LogP contribution in [0, 0.1) is 0 Å². The van der Waals surface area contributed by atoms with Gasteiger partial charge in [-0.2, -0.15) is 12.6 Å². The van der Waals surface area contributed by atoms with Crippen LogP contribution >= 0.6 is 12.6 Å². The third-order valence-corrected chi connectivity index (χ3v) is 2.31. The predicted octanol–water partition coefficient (Wildman–Crippen LogP) is 2.79. The first-order valence-corrected chi connectivity index (χ1v) is 5.27. The summed E-state index contributed by atoms with van der Waals surface area (Å²) >= 11 is 4.09. The van der Waals surface area contributed by atoms with Crippen LogP contribution in [0.2, 0.25) is 0 Å². The maximum Gasteiger partial charge on any atom is 0.0390 e. The Morgan fingerprint density at radius 2 is 1.85 bits per heavy atom. The standard InChI is InChI=1S/C11H17NS/c1-9(2)11-5-3-10(4-6-11)7-12-8-13/h3-6,9,12-13H,7-8H2,1-2H3. The molecule has 1 N–H and O–H groups in total. The Labute approximate surface area is 86.0 Å². The first-order chi connectivity index (χ1) is 6.24. The van der Waals surface area contributed by atoms with Crippen molar-refractivity contribution in [3.63, 3.8) is 0 Å². The highest BCUT2D eigenvalue weighted by molar-refractivity contribution is 7.80. The SMILES string of the molecule is CC(C)c1ccc(CNCS)cc1. The average molecular weight is 195 g/mol. The molecule has 1 nitrogen and oxygen atoms in total. The van der Waals surface area contributed by atoms with Crippen molar-refractivity contribution in [2.24, 2.45) is 0 Å². The summed E-state index contributed by atoms with van der Waals surface area (Å²) in [7, 11) is 0. The first kappa shape index (κ1) is 10.6. The summed E-state index contributed by atoms with van der Waals surface area (Å²) in [5, 5.41) is 3.18. The third-order valence-electron chi connectivity index (χ3n) is 2.09. The van der Waals surface area contributed by atoms with Gasteiger partial charge in [-0.3, -0.25) is 0 Å². The lowest BCUT2D eigenvalue weighted by molar-refractivity contribution is 0.795. The van der Waals surface area contributed by atoms with E-state index in [1.165, 1.54) is 11.1 Å². The molecule has 0 unspecified atom stereocenters. The largest absolute Gasteiger partial charge is 0.304 e. The average Bonchev–Trinajstić information content (AvgIpc) is 2.15. The van der Waals surface area contributed by atoms with Gasteiger partial charge in [-0.05, 0) is 17.0 Å². The summed E-state index contributed by atoms with van der Waals surface area (Å²) < 4.78 is 0. The molecule has 1 aromatic carbocycles. The quantitative estimate of drug-likeness (QED) is 0.556. The predicted molar refractivity (Wildman–Crippen MR) is 61.2 cm³/mol. The molecule has 13 heavy (non-hydrogen) atoms. The Balaban J connectivity index is 2.59. The van der Waals surface area contributed by atoms with E-state index in [2.05, 4.69) is 56.1 Å². The van der Waals surface area contributed by atoms with Crippen LogP contribution in [-0.4, -0.2) is 5.88 Å². The maximum absolute atomic E-state index is 4.09. The summed E-state index contributed by atoms with van der Waals surface area (Å²) in [6, 6.07) is 8.73. The third kappa shape index (κ3) is 3.41. The highest BCUT2D eigenvalue weighted by Gasteiger charge is 1.97. The van der Waals surface area contributed by atoms with Gasteiger partial charge in [0.25, 0.3) is 0 Å². The summed E-state index contributed by atoms with van der Waals surface area (Å²) in [6.45, 7) is 5.32. The lowest BCUT2D eigenvalue weighted by Gasteiger charge is -2.06. The van der Waals surface area contributed by atoms with Gasteiger partial charge in [0.2, 0.25) is 0 Å². The van der Waals surface area contributed by atoms with E-state index >= 15 is 0 Å². The smallest absolute Gasteiger partial charge is 0.0390 e. The van der Waals surface area contributed by atoms with Gasteiger partial charge in [-0.1, -0.05) is 38.1 Å². The van der Waals surface area contributed by atoms with E-state index < -0.39 is 0 Å². The fraction of sp³-hybridized carbons (Fsp3) is 0.455. The fourth-order valence-corrected chi connectivity index (χ4v) is 1.33. The number of hydrogen-bond donors (Lipinski definition) is 2. The molecule has 0 fully saturated rings. The Hall–Kier alpha value is -0.470. The minimum absolute atomic E-state index is 0.617. The van der Waals surface area contributed by atoms with Gasteiger partial charge in [0.15, 0.2) is 0 Å². The molecule has 0 saturated carbocycles. The zero-order valence-electron chi connectivity index (χ0n) is 8.25. The molecular weight excluding hydrogens is 178 g/mol. The van der Waals surface area contributed by atoms with Crippen LogP contribution in [0.3, 0.4) is 0 Å². The number of thiol groups is 1. The Kier molecular flexibility index (Phi) is 4.33. The van der Waals surface area contributed by atoms with Crippen molar-refractivity contribution < 1.29 is 0 Å². The summed E-state index contributed by atoms with van der Waals surface area (Å²) in [5.74, 6) is 1.35. The summed E-state index contributed by atoms with van der Waals surface area (Å²) in [5.41, 5.74) is 2.72. The monoisotopic (exact) mass is 195 g/mol. The molecule has 72 valence electrons. The summed E-state index contributed by atoms with van der Waals surface area (Å²) in [6.07, 6.45) is 0. The van der Waals surface area contributed by atoms with Gasteiger partial charge in [0.05, 0.1) is 0 Å². The van der Waals surface area contributed by atoms with Crippen LogP contribution in [0.1, 0.15) is 30.9 Å². The van der Waals surface area contributed by atoms with Gasteiger partial charge >= 0.3 is 0 Å². The molecule has 0 aliphatic rings. The molecule has 0 spiro atoms. The van der Waals surface area contributed by atoms with E-state index in [0.717, 1.165) is 12.4 Å². The molecule has 1 aromatic rings. The Bertz CT molecular complexity index is 241. The van der Waals surface area contributed by atoms with Crippen molar-refractivity contribution in [1.82, 2.24) is 5.32 Å². The van der Waals surface area contributed by atoms with Crippen molar-refractivity contribution in [2.45, 2.75) is 26.3 Å². The highest BCUT2D eigenvalue weighted by atomic mass is 32.1. The molecule has 0 radical (unpaired) electrons. The first-order valence-electron chi connectivity index (χ1n) is 4.64. The molecule has 0 saturated heterocycles. The van der Waals surface area contributed by atoms with Crippen molar-refractivity contribution in [1.29, 1.82) is 0 Å². The second kappa shape index (κ2) is 5.30. The number of nitrogens with one attached hydrogen (secondary N) is 1. The van der Waals surface area contributed by atoms with Crippen LogP contribution in [0.5, 0.6) is 0 Å². The molecule has 1 rings (SSSR count). The van der Waals surface area contributed by atoms with E-state index in [0.29, 0.717) is 5.92 Å². The molecule has 0 aliphatic heterocycles. The van der Waals surface area contributed by atoms with Gasteiger partial charge in [-0.15, -0.1) is 0 Å². The van der Waals surface area contributed by atoms with E-state index in [4.69, 9.17) is 0 Å². The van der Waals surface area contributed by atoms with Crippen LogP contribution in [-0.2, 0) is 6.54 Å². The van der Waals surface area contributed by atoms with Crippen molar-refractivity contribution in [2.75, 3.05) is 5.88 Å². The van der Waals surface area contributed by atoms with E-state index in [1.54, 1.807) is 0 Å². The molecular formula is C11H17NS. The maximum atomic E-state index is 4.09. The van der Waals surface area contributed by atoms with Crippen LogP contribution in [0.25, 0.3) is 0 Å². The lowest BCUT2D eigenvalue weighted by Crippen LogP contribution is -2.10. The fourth-order valence-electron chi connectivity index (χ4n) is 1.22. The van der Waals surface area contributed by atoms with Gasteiger partial charge in [0, 0.05) is 12.4 Å². The zero-order valence-corrected chi connectivity index (χ0v) is 9.14. The second-order valence-electron chi connectivity index (χ2n) is 3.48. The summed E-state index contributed by atoms with van der Waals surface area (Å²) in [4.78, 5) is 0. The molecule has 0 heterocycles. The molecule has 0 bridgehead atoms. The van der Waals surface area contributed by atoms with Gasteiger partial charge < -0.3 is 5.32 Å². The van der Waals surface area contributed by atoms with Crippen LogP contribution in [0.15, 0.2) is 24.3 Å². The Morgan fingerprint density at radius 1 is 1.23 bits per heavy atom. The zero-order chi connectivity index (χ0) is 9.68. The second-order valence-corrected chi connectivity index (χ2v) is 3.80. The highest BCUT2D eigenvalue weighted by Crippen LogP contribution is 2.14. The van der Waals surface area contributed by atoms with Crippen LogP contribution < -0.4 is 5.32 Å². The number of hydrogen-bond acceptors (Lipinski definition) is 2. The molecule has 0 atom stereocenters. The lowest BCUT2D eigenvalue weighted by atomic mass is 10.0. The number of rotatable bonds is 4. The van der Waals surface area contributed by atoms with E-state index in [-0.39, 0.29) is 0 Å². The molecule has 0 amide bonds. The van der Waals surface area contributed by atoms with Crippen molar-refractivity contribution >= 4 is 12.6 Å². The van der Waals surface area contributed by atoms with Gasteiger partial charge in [0.1, 0.15) is 0 Å². The molecule has 2 heteroatoms. The van der Waals surface area contributed by atoms with E-state index in [9.17, 15) is 0 Å².